The van der Waals surface area contributed by atoms with E-state index in [-0.39, 0.29) is 0 Å². The number of nitrogens with two attached hydrogens (primary N) is 1. The molecule has 1 aromatic heterocycles. The van der Waals surface area contributed by atoms with E-state index in [4.69, 9.17) is 34.2 Å². The molecule has 0 aromatic carbocycles. The van der Waals surface area contributed by atoms with Crippen LogP contribution >= 0.6 is 23.2 Å². The van der Waals surface area contributed by atoms with E-state index in [0.717, 1.165) is 0 Å². The van der Waals surface area contributed by atoms with Crippen molar-refractivity contribution < 1.29 is 0 Å². The molecule has 0 aliphatic carbocycles. The predicted molar refractivity (Wildman–Crippen MR) is 46.8 cm³/mol. The highest BCUT2D eigenvalue weighted by molar-refractivity contribution is 6.35. The number of rotatable bonds is 1. The molecule has 0 fully saturated rings. The average Bonchev–Trinajstić information content (AvgIpc) is 2.03. The summed E-state index contributed by atoms with van der Waals surface area (Å²) in [6.07, 6.45) is 2.81. The fourth-order valence-corrected chi connectivity index (χ4v) is 1.38. The maximum absolute atomic E-state index is 8.52. The van der Waals surface area contributed by atoms with Crippen molar-refractivity contribution >= 4 is 23.2 Å². The first-order valence-corrected chi connectivity index (χ1v) is 3.86. The number of nitriles is 1. The van der Waals surface area contributed by atoms with Gasteiger partial charge in [0.25, 0.3) is 0 Å². The van der Waals surface area contributed by atoms with E-state index < -0.39 is 6.04 Å². The molecule has 2 N–H and O–H groups in total. The smallest absolute Gasteiger partial charge is 0.121 e. The van der Waals surface area contributed by atoms with E-state index in [1.54, 1.807) is 0 Å². The third kappa shape index (κ3) is 1.67. The van der Waals surface area contributed by atoms with E-state index >= 15 is 0 Å². The number of nitrogens with zero attached hydrogens (tertiary/aromatic N) is 2. The first-order valence-electron chi connectivity index (χ1n) is 3.11. The van der Waals surface area contributed by atoms with E-state index in [0.29, 0.717) is 15.6 Å². The molecule has 3 nitrogen and oxygen atoms in total. The summed E-state index contributed by atoms with van der Waals surface area (Å²) in [6.45, 7) is 0. The van der Waals surface area contributed by atoms with Gasteiger partial charge in [0.05, 0.1) is 16.1 Å². The van der Waals surface area contributed by atoms with Crippen molar-refractivity contribution in [1.82, 2.24) is 4.98 Å². The molecule has 1 rings (SSSR count). The average molecular weight is 202 g/mol. The van der Waals surface area contributed by atoms with Gasteiger partial charge in [0.1, 0.15) is 6.04 Å². The minimum Gasteiger partial charge on any atom is -0.312 e. The summed E-state index contributed by atoms with van der Waals surface area (Å²) in [7, 11) is 0. The molecule has 0 aliphatic heterocycles. The summed E-state index contributed by atoms with van der Waals surface area (Å²) in [5.74, 6) is 0. The topological polar surface area (TPSA) is 62.7 Å². The molecule has 1 aromatic rings. The minimum absolute atomic E-state index is 0.316. The highest BCUT2D eigenvalue weighted by Crippen LogP contribution is 2.27. The summed E-state index contributed by atoms with van der Waals surface area (Å²) in [5, 5.41) is 9.16. The molecule has 0 unspecified atom stereocenters. The van der Waals surface area contributed by atoms with Crippen LogP contribution in [0.5, 0.6) is 0 Å². The Bertz CT molecular complexity index is 312. The lowest BCUT2D eigenvalue weighted by Crippen LogP contribution is -2.08. The Kier molecular flexibility index (Phi) is 2.88. The maximum atomic E-state index is 8.52. The van der Waals surface area contributed by atoms with Crippen LogP contribution in [0.3, 0.4) is 0 Å². The van der Waals surface area contributed by atoms with E-state index in [1.165, 1.54) is 12.4 Å². The van der Waals surface area contributed by atoms with Crippen LogP contribution in [-0.4, -0.2) is 4.98 Å². The first-order chi connectivity index (χ1) is 5.66. The fraction of sp³-hybridized carbons (Fsp3) is 0.143. The van der Waals surface area contributed by atoms with Crippen LogP contribution in [0, 0.1) is 11.3 Å². The second-order valence-corrected chi connectivity index (χ2v) is 2.94. The Hall–Kier alpha value is -0.820. The number of hydrogen-bond donors (Lipinski definition) is 1. The molecule has 0 amide bonds. The molecule has 1 atom stereocenters. The van der Waals surface area contributed by atoms with Crippen LogP contribution in [0.4, 0.5) is 0 Å². The van der Waals surface area contributed by atoms with E-state index in [1.807, 2.05) is 6.07 Å². The van der Waals surface area contributed by atoms with Crippen molar-refractivity contribution in [1.29, 1.82) is 5.26 Å². The summed E-state index contributed by atoms with van der Waals surface area (Å²) in [4.78, 5) is 3.73. The van der Waals surface area contributed by atoms with Gasteiger partial charge in [0, 0.05) is 18.0 Å². The second kappa shape index (κ2) is 3.72. The molecule has 0 saturated carbocycles. The Morgan fingerprint density at radius 3 is 2.33 bits per heavy atom. The molecule has 0 radical (unpaired) electrons. The largest absolute Gasteiger partial charge is 0.312 e. The van der Waals surface area contributed by atoms with Crippen molar-refractivity contribution in [3.8, 4) is 6.07 Å². The number of pyridine rings is 1. The third-order valence-corrected chi connectivity index (χ3v) is 1.94. The SMILES string of the molecule is N#C[C@@H](N)c1c(Cl)cncc1Cl. The van der Waals surface area contributed by atoms with Gasteiger partial charge < -0.3 is 5.73 Å². The van der Waals surface area contributed by atoms with Crippen LogP contribution in [-0.2, 0) is 0 Å². The minimum atomic E-state index is -0.798. The van der Waals surface area contributed by atoms with Crippen molar-refractivity contribution in [3.63, 3.8) is 0 Å². The molecule has 62 valence electrons. The lowest BCUT2D eigenvalue weighted by Gasteiger charge is -2.06. The normalized spacial score (nSPS) is 12.2. The second-order valence-electron chi connectivity index (χ2n) is 2.12. The Labute approximate surface area is 79.7 Å². The number of aromatic nitrogens is 1. The Balaban J connectivity index is 3.23. The molecule has 12 heavy (non-hydrogen) atoms. The molecular weight excluding hydrogens is 197 g/mol. The van der Waals surface area contributed by atoms with Crippen LogP contribution in [0.25, 0.3) is 0 Å². The molecule has 0 bridgehead atoms. The molecule has 0 saturated heterocycles. The molecule has 1 heterocycles. The molecule has 0 aliphatic rings. The van der Waals surface area contributed by atoms with Gasteiger partial charge in [-0.2, -0.15) is 5.26 Å². The van der Waals surface area contributed by atoms with Crippen LogP contribution in [0.1, 0.15) is 11.6 Å². The van der Waals surface area contributed by atoms with Gasteiger partial charge in [0.2, 0.25) is 0 Å². The summed E-state index contributed by atoms with van der Waals surface area (Å²) >= 11 is 11.5. The standard InChI is InChI=1S/C7H5Cl2N3/c8-4-2-12-3-5(9)7(4)6(11)1-10/h2-3,6H,11H2/t6-/m1/s1. The molecule has 0 spiro atoms. The number of halogens is 2. The van der Waals surface area contributed by atoms with E-state index in [9.17, 15) is 0 Å². The van der Waals surface area contributed by atoms with Gasteiger partial charge in [-0.05, 0) is 0 Å². The quantitative estimate of drug-likeness (QED) is 0.756. The van der Waals surface area contributed by atoms with Gasteiger partial charge in [0.15, 0.2) is 0 Å². The van der Waals surface area contributed by atoms with Crippen molar-refractivity contribution in [2.75, 3.05) is 0 Å². The summed E-state index contributed by atoms with van der Waals surface area (Å²) < 4.78 is 0. The van der Waals surface area contributed by atoms with Crippen LogP contribution in [0.15, 0.2) is 12.4 Å². The summed E-state index contributed by atoms with van der Waals surface area (Å²) in [5.41, 5.74) is 5.86. The van der Waals surface area contributed by atoms with Crippen molar-refractivity contribution in [2.45, 2.75) is 6.04 Å². The monoisotopic (exact) mass is 201 g/mol. The van der Waals surface area contributed by atoms with E-state index in [2.05, 4.69) is 4.98 Å². The van der Waals surface area contributed by atoms with Crippen molar-refractivity contribution in [3.05, 3.63) is 28.0 Å². The zero-order chi connectivity index (χ0) is 9.14. The Morgan fingerprint density at radius 1 is 1.42 bits per heavy atom. The van der Waals surface area contributed by atoms with Crippen LogP contribution < -0.4 is 5.73 Å². The van der Waals surface area contributed by atoms with Gasteiger partial charge in [-0.1, -0.05) is 23.2 Å². The van der Waals surface area contributed by atoms with Crippen LogP contribution in [0.2, 0.25) is 10.0 Å². The van der Waals surface area contributed by atoms with Gasteiger partial charge in [-0.15, -0.1) is 0 Å². The van der Waals surface area contributed by atoms with Crippen molar-refractivity contribution in [2.24, 2.45) is 5.73 Å². The Morgan fingerprint density at radius 2 is 1.92 bits per heavy atom. The molecular formula is C7H5Cl2N3. The molecule has 5 heteroatoms. The highest BCUT2D eigenvalue weighted by atomic mass is 35.5. The third-order valence-electron chi connectivity index (χ3n) is 1.34. The number of hydrogen-bond acceptors (Lipinski definition) is 3. The highest BCUT2D eigenvalue weighted by Gasteiger charge is 2.13. The van der Waals surface area contributed by atoms with Gasteiger partial charge in [-0.25, -0.2) is 0 Å². The van der Waals surface area contributed by atoms with Gasteiger partial charge in [-0.3, -0.25) is 4.98 Å². The zero-order valence-electron chi connectivity index (χ0n) is 5.96. The lowest BCUT2D eigenvalue weighted by molar-refractivity contribution is 0.922. The zero-order valence-corrected chi connectivity index (χ0v) is 7.47. The maximum Gasteiger partial charge on any atom is 0.121 e. The predicted octanol–water partition coefficient (Wildman–Crippen LogP) is 1.91. The summed E-state index contributed by atoms with van der Waals surface area (Å²) in [6, 6.07) is 1.05. The first kappa shape index (κ1) is 9.27. The fourth-order valence-electron chi connectivity index (χ4n) is 0.783. The van der Waals surface area contributed by atoms with Gasteiger partial charge >= 0.3 is 0 Å². The lowest BCUT2D eigenvalue weighted by atomic mass is 10.1.